The molecule has 0 radical (unpaired) electrons. The first kappa shape index (κ1) is 12.3. The molecule has 0 amide bonds. The second kappa shape index (κ2) is 5.36. The number of aromatic amines is 1. The van der Waals surface area contributed by atoms with E-state index in [0.717, 1.165) is 18.5 Å². The van der Waals surface area contributed by atoms with Gasteiger partial charge in [-0.05, 0) is 38.3 Å². The van der Waals surface area contributed by atoms with Crippen LogP contribution in [0.3, 0.4) is 0 Å². The third-order valence-corrected chi connectivity index (χ3v) is 3.27. The number of aromatic nitrogens is 1. The minimum Gasteiger partial charge on any atom is -0.387 e. The van der Waals surface area contributed by atoms with Crippen molar-refractivity contribution in [2.45, 2.75) is 59.5 Å². The highest BCUT2D eigenvalue weighted by Crippen LogP contribution is 2.25. The van der Waals surface area contributed by atoms with Gasteiger partial charge in [0, 0.05) is 11.4 Å². The Balaban J connectivity index is 2.65. The molecule has 0 aromatic carbocycles. The zero-order chi connectivity index (χ0) is 11.4. The number of hydrogen-bond acceptors (Lipinski definition) is 1. The lowest BCUT2D eigenvalue weighted by Gasteiger charge is -2.10. The minimum absolute atomic E-state index is 0.316. The summed E-state index contributed by atoms with van der Waals surface area (Å²) in [6.07, 6.45) is 4.06. The number of aliphatic hydroxyl groups is 1. The molecule has 15 heavy (non-hydrogen) atoms. The van der Waals surface area contributed by atoms with E-state index in [1.54, 1.807) is 0 Å². The fraction of sp³-hybridized carbons (Fsp3) is 0.692. The van der Waals surface area contributed by atoms with Crippen LogP contribution in [0.5, 0.6) is 0 Å². The predicted molar refractivity (Wildman–Crippen MR) is 64.1 cm³/mol. The summed E-state index contributed by atoms with van der Waals surface area (Å²) >= 11 is 0. The number of H-pyrrole nitrogens is 1. The van der Waals surface area contributed by atoms with Crippen LogP contribution in [-0.4, -0.2) is 10.1 Å². The Bertz CT molecular complexity index is 315. The van der Waals surface area contributed by atoms with E-state index < -0.39 is 0 Å². The van der Waals surface area contributed by atoms with E-state index in [1.807, 2.05) is 0 Å². The maximum absolute atomic E-state index is 10.0. The third kappa shape index (κ3) is 2.85. The van der Waals surface area contributed by atoms with Crippen LogP contribution in [-0.2, 0) is 0 Å². The molecule has 0 aliphatic carbocycles. The van der Waals surface area contributed by atoms with Crippen LogP contribution in [0.1, 0.15) is 61.2 Å². The Labute approximate surface area is 92.7 Å². The van der Waals surface area contributed by atoms with E-state index in [0.29, 0.717) is 0 Å². The lowest BCUT2D eigenvalue weighted by atomic mass is 10.0. The molecule has 0 spiro atoms. The SMILES string of the molecule is CCCCCC(O)c1[nH]c(C)c(C)c1C. The van der Waals surface area contributed by atoms with Crippen molar-refractivity contribution in [2.75, 3.05) is 0 Å². The van der Waals surface area contributed by atoms with Crippen molar-refractivity contribution in [3.8, 4) is 0 Å². The van der Waals surface area contributed by atoms with E-state index in [1.165, 1.54) is 29.7 Å². The van der Waals surface area contributed by atoms with Crippen LogP contribution in [0.25, 0.3) is 0 Å². The number of unbranched alkanes of at least 4 members (excludes halogenated alkanes) is 2. The zero-order valence-corrected chi connectivity index (χ0v) is 10.4. The Hall–Kier alpha value is -0.760. The first-order valence-corrected chi connectivity index (χ1v) is 5.91. The van der Waals surface area contributed by atoms with Gasteiger partial charge in [-0.3, -0.25) is 0 Å². The van der Waals surface area contributed by atoms with Crippen LogP contribution >= 0.6 is 0 Å². The highest BCUT2D eigenvalue weighted by atomic mass is 16.3. The first-order chi connectivity index (χ1) is 7.07. The number of hydrogen-bond donors (Lipinski definition) is 2. The summed E-state index contributed by atoms with van der Waals surface area (Å²) in [5.41, 5.74) is 4.69. The molecule has 1 rings (SSSR count). The molecular weight excluding hydrogens is 186 g/mol. The lowest BCUT2D eigenvalue weighted by molar-refractivity contribution is 0.158. The van der Waals surface area contributed by atoms with Crippen LogP contribution < -0.4 is 0 Å². The molecule has 1 unspecified atom stereocenters. The third-order valence-electron chi connectivity index (χ3n) is 3.27. The molecule has 86 valence electrons. The Morgan fingerprint density at radius 3 is 2.27 bits per heavy atom. The normalized spacial score (nSPS) is 13.1. The quantitative estimate of drug-likeness (QED) is 0.715. The largest absolute Gasteiger partial charge is 0.387 e. The van der Waals surface area contributed by atoms with Gasteiger partial charge in [0.15, 0.2) is 0 Å². The van der Waals surface area contributed by atoms with Crippen molar-refractivity contribution in [3.05, 3.63) is 22.5 Å². The molecule has 0 saturated heterocycles. The molecule has 2 heteroatoms. The van der Waals surface area contributed by atoms with Gasteiger partial charge in [-0.25, -0.2) is 0 Å². The number of nitrogens with one attached hydrogen (secondary N) is 1. The number of aryl methyl sites for hydroxylation is 1. The minimum atomic E-state index is -0.316. The molecule has 0 saturated carbocycles. The van der Waals surface area contributed by atoms with E-state index in [9.17, 15) is 5.11 Å². The summed E-state index contributed by atoms with van der Waals surface area (Å²) in [7, 11) is 0. The predicted octanol–water partition coefficient (Wildman–Crippen LogP) is 3.55. The standard InChI is InChI=1S/C13H23NO/c1-5-6-7-8-12(15)13-10(3)9(2)11(4)14-13/h12,14-15H,5-8H2,1-4H3. The van der Waals surface area contributed by atoms with E-state index in [2.05, 4.69) is 32.7 Å². The topological polar surface area (TPSA) is 36.0 Å². The summed E-state index contributed by atoms with van der Waals surface area (Å²) in [6.45, 7) is 8.42. The van der Waals surface area contributed by atoms with Crippen LogP contribution in [0.2, 0.25) is 0 Å². The van der Waals surface area contributed by atoms with Crippen molar-refractivity contribution in [3.63, 3.8) is 0 Å². The molecule has 0 aliphatic heterocycles. The first-order valence-electron chi connectivity index (χ1n) is 5.91. The Kier molecular flexibility index (Phi) is 4.40. The number of aliphatic hydroxyl groups excluding tert-OH is 1. The van der Waals surface area contributed by atoms with Gasteiger partial charge in [0.1, 0.15) is 0 Å². The van der Waals surface area contributed by atoms with Gasteiger partial charge in [0.2, 0.25) is 0 Å². The molecular formula is C13H23NO. The molecule has 1 aromatic rings. The second-order valence-corrected chi connectivity index (χ2v) is 4.43. The molecule has 1 heterocycles. The van der Waals surface area contributed by atoms with E-state index in [-0.39, 0.29) is 6.10 Å². The van der Waals surface area contributed by atoms with Crippen molar-refractivity contribution >= 4 is 0 Å². The maximum atomic E-state index is 10.0. The summed E-state index contributed by atoms with van der Waals surface area (Å²) in [5.74, 6) is 0. The summed E-state index contributed by atoms with van der Waals surface area (Å²) in [5, 5.41) is 10.0. The molecule has 0 aliphatic rings. The van der Waals surface area contributed by atoms with Gasteiger partial charge in [-0.2, -0.15) is 0 Å². The summed E-state index contributed by atoms with van der Waals surface area (Å²) in [4.78, 5) is 3.29. The highest BCUT2D eigenvalue weighted by molar-refractivity contribution is 5.35. The average Bonchev–Trinajstić information content (AvgIpc) is 2.46. The van der Waals surface area contributed by atoms with Crippen LogP contribution in [0, 0.1) is 20.8 Å². The Morgan fingerprint density at radius 1 is 1.13 bits per heavy atom. The highest BCUT2D eigenvalue weighted by Gasteiger charge is 2.14. The monoisotopic (exact) mass is 209 g/mol. The Morgan fingerprint density at radius 2 is 1.80 bits per heavy atom. The lowest BCUT2D eigenvalue weighted by Crippen LogP contribution is -2.00. The zero-order valence-electron chi connectivity index (χ0n) is 10.4. The van der Waals surface area contributed by atoms with E-state index in [4.69, 9.17) is 0 Å². The van der Waals surface area contributed by atoms with Gasteiger partial charge in [0.05, 0.1) is 6.10 Å². The average molecular weight is 209 g/mol. The molecule has 2 nitrogen and oxygen atoms in total. The van der Waals surface area contributed by atoms with Gasteiger partial charge in [0.25, 0.3) is 0 Å². The number of rotatable bonds is 5. The van der Waals surface area contributed by atoms with Gasteiger partial charge < -0.3 is 10.1 Å². The fourth-order valence-corrected chi connectivity index (χ4v) is 1.94. The molecule has 0 bridgehead atoms. The molecule has 2 N–H and O–H groups in total. The van der Waals surface area contributed by atoms with Gasteiger partial charge in [-0.1, -0.05) is 26.2 Å². The van der Waals surface area contributed by atoms with Gasteiger partial charge >= 0.3 is 0 Å². The maximum Gasteiger partial charge on any atom is 0.0940 e. The summed E-state index contributed by atoms with van der Waals surface area (Å²) < 4.78 is 0. The van der Waals surface area contributed by atoms with Crippen LogP contribution in [0.4, 0.5) is 0 Å². The molecule has 1 aromatic heterocycles. The molecule has 0 fully saturated rings. The molecule has 1 atom stereocenters. The van der Waals surface area contributed by atoms with Crippen LogP contribution in [0.15, 0.2) is 0 Å². The van der Waals surface area contributed by atoms with Crippen molar-refractivity contribution in [1.82, 2.24) is 4.98 Å². The van der Waals surface area contributed by atoms with Gasteiger partial charge in [-0.15, -0.1) is 0 Å². The fourth-order valence-electron chi connectivity index (χ4n) is 1.94. The second-order valence-electron chi connectivity index (χ2n) is 4.43. The summed E-state index contributed by atoms with van der Waals surface area (Å²) in [6, 6.07) is 0. The van der Waals surface area contributed by atoms with E-state index >= 15 is 0 Å². The van der Waals surface area contributed by atoms with Crippen molar-refractivity contribution in [1.29, 1.82) is 0 Å². The van der Waals surface area contributed by atoms with Crippen molar-refractivity contribution < 1.29 is 5.11 Å². The smallest absolute Gasteiger partial charge is 0.0940 e. The van der Waals surface area contributed by atoms with Crippen molar-refractivity contribution in [2.24, 2.45) is 0 Å².